The van der Waals surface area contributed by atoms with E-state index in [1.165, 1.54) is 0 Å². The maximum Gasteiger partial charge on any atom is 0.144 e. The molecule has 0 N–H and O–H groups in total. The summed E-state index contributed by atoms with van der Waals surface area (Å²) >= 11 is 0. The molecule has 0 saturated carbocycles. The van der Waals surface area contributed by atoms with E-state index in [1.807, 2.05) is 79.0 Å². The number of para-hydroxylation sites is 2. The zero-order valence-corrected chi connectivity index (χ0v) is 28.1. The molecule has 0 aliphatic heterocycles. The first-order valence-corrected chi connectivity index (χ1v) is 15.2. The van der Waals surface area contributed by atoms with Gasteiger partial charge in [-0.3, -0.25) is 0 Å². The van der Waals surface area contributed by atoms with Gasteiger partial charge in [-0.15, -0.1) is 71.8 Å². The Kier molecular flexibility index (Phi) is 8.26. The maximum atomic E-state index is 6.60. The van der Waals surface area contributed by atoms with Crippen LogP contribution in [0.4, 0.5) is 0 Å². The van der Waals surface area contributed by atoms with Crippen LogP contribution in [-0.2, 0) is 20.1 Å². The molecule has 5 aromatic carbocycles. The van der Waals surface area contributed by atoms with E-state index in [0.29, 0.717) is 0 Å². The fourth-order valence-electron chi connectivity index (χ4n) is 6.12. The van der Waals surface area contributed by atoms with Gasteiger partial charge in [-0.25, -0.2) is 0 Å². The van der Waals surface area contributed by atoms with E-state index < -0.39 is 0 Å². The van der Waals surface area contributed by atoms with Gasteiger partial charge in [0.1, 0.15) is 22.3 Å². The number of aromatic nitrogens is 2. The minimum Gasteiger partial charge on any atom is -0.456 e. The summed E-state index contributed by atoms with van der Waals surface area (Å²) in [5.41, 5.74) is 11.7. The number of hydrogen-bond acceptors (Lipinski definition) is 4. The number of hydrogen-bond donors (Lipinski definition) is 0. The van der Waals surface area contributed by atoms with E-state index in [2.05, 4.69) is 84.5 Å². The second-order valence-corrected chi connectivity index (χ2v) is 11.3. The van der Waals surface area contributed by atoms with E-state index in [4.69, 9.17) is 8.83 Å². The SMILES string of the molecule is Cc1cccc2c1oc1cc(-c3ccnc(-c4[c-]cccc4)c3)c3oc4c(C)cccc4c3c12.[Ir].[c-]1ccccc1-c1ccccn1. The molecule has 0 saturated heterocycles. The molecular formula is C42H28IrN2O2-2. The summed E-state index contributed by atoms with van der Waals surface area (Å²) in [5, 5.41) is 4.43. The molecule has 47 heavy (non-hydrogen) atoms. The molecule has 0 fully saturated rings. The number of nitrogens with zero attached hydrogens (tertiary/aromatic N) is 2. The molecule has 0 aliphatic rings. The van der Waals surface area contributed by atoms with Crippen molar-refractivity contribution in [3.63, 3.8) is 0 Å². The molecule has 9 aromatic rings. The molecule has 0 aliphatic carbocycles. The Hall–Kier alpha value is -5.35. The zero-order valence-electron chi connectivity index (χ0n) is 25.7. The van der Waals surface area contributed by atoms with Crippen molar-refractivity contribution in [3.8, 4) is 33.6 Å². The third-order valence-corrected chi connectivity index (χ3v) is 8.33. The predicted octanol–water partition coefficient (Wildman–Crippen LogP) is 11.2. The normalized spacial score (nSPS) is 11.0. The summed E-state index contributed by atoms with van der Waals surface area (Å²) in [4.78, 5) is 8.81. The molecule has 1 radical (unpaired) electrons. The van der Waals surface area contributed by atoms with E-state index in [9.17, 15) is 0 Å². The minimum atomic E-state index is 0. The average molecular weight is 785 g/mol. The standard InChI is InChI=1S/C31H20NO2.C11H8N.Ir/c1-18-8-6-12-22-27-26(33-29(18)22)17-24(31-28(27)23-13-7-9-19(2)30(23)34-31)21-14-15-32-25(16-21)20-10-4-3-5-11-20;1-2-6-10(7-3-1)11-8-4-5-9-12-11;/h3-10,12-17H,1-2H3;1-6,8-9H;/q2*-1;. The van der Waals surface area contributed by atoms with Crippen molar-refractivity contribution in [1.82, 2.24) is 9.97 Å². The van der Waals surface area contributed by atoms with Gasteiger partial charge in [0.25, 0.3) is 0 Å². The van der Waals surface area contributed by atoms with Crippen molar-refractivity contribution in [2.75, 3.05) is 0 Å². The maximum absolute atomic E-state index is 6.60. The first-order chi connectivity index (χ1) is 22.7. The van der Waals surface area contributed by atoms with Gasteiger partial charge in [-0.05, 0) is 60.1 Å². The number of benzene rings is 5. The van der Waals surface area contributed by atoms with E-state index in [0.717, 1.165) is 88.6 Å². The summed E-state index contributed by atoms with van der Waals surface area (Å²) < 4.78 is 13.1. The number of rotatable bonds is 3. The first kappa shape index (κ1) is 30.3. The summed E-state index contributed by atoms with van der Waals surface area (Å²) in [6.45, 7) is 4.18. The minimum absolute atomic E-state index is 0. The largest absolute Gasteiger partial charge is 0.456 e. The van der Waals surface area contributed by atoms with Crippen molar-refractivity contribution < 1.29 is 28.9 Å². The molecule has 4 heterocycles. The Bertz CT molecular complexity index is 2450. The molecule has 0 unspecified atom stereocenters. The number of pyridine rings is 2. The molecular weight excluding hydrogens is 757 g/mol. The van der Waals surface area contributed by atoms with Gasteiger partial charge in [-0.2, -0.15) is 0 Å². The van der Waals surface area contributed by atoms with Crippen molar-refractivity contribution in [1.29, 1.82) is 0 Å². The predicted molar refractivity (Wildman–Crippen MR) is 186 cm³/mol. The van der Waals surface area contributed by atoms with E-state index >= 15 is 0 Å². The van der Waals surface area contributed by atoms with Crippen LogP contribution < -0.4 is 0 Å². The van der Waals surface area contributed by atoms with Gasteiger partial charge in [0, 0.05) is 59.6 Å². The molecule has 229 valence electrons. The van der Waals surface area contributed by atoms with Crippen molar-refractivity contribution >= 4 is 43.9 Å². The van der Waals surface area contributed by atoms with Gasteiger partial charge in [0.15, 0.2) is 0 Å². The van der Waals surface area contributed by atoms with Crippen LogP contribution in [0.3, 0.4) is 0 Å². The summed E-state index contributed by atoms with van der Waals surface area (Å²) in [6.07, 6.45) is 3.63. The Morgan fingerprint density at radius 2 is 1.17 bits per heavy atom. The van der Waals surface area contributed by atoms with Gasteiger partial charge in [0.2, 0.25) is 0 Å². The molecule has 5 heteroatoms. The van der Waals surface area contributed by atoms with Gasteiger partial charge in [-0.1, -0.05) is 54.6 Å². The van der Waals surface area contributed by atoms with E-state index in [-0.39, 0.29) is 20.1 Å². The summed E-state index contributed by atoms with van der Waals surface area (Å²) in [6, 6.07) is 46.9. The first-order valence-electron chi connectivity index (χ1n) is 15.2. The molecule has 0 atom stereocenters. The van der Waals surface area contributed by atoms with Crippen molar-refractivity contribution in [2.45, 2.75) is 13.8 Å². The van der Waals surface area contributed by atoms with Gasteiger partial charge in [0.05, 0.1) is 0 Å². The van der Waals surface area contributed by atoms with Crippen LogP contribution in [0.1, 0.15) is 11.1 Å². The Labute approximate surface area is 286 Å². The number of fused-ring (bicyclic) bond motifs is 7. The molecule has 4 nitrogen and oxygen atoms in total. The van der Waals surface area contributed by atoms with Crippen LogP contribution in [0, 0.1) is 26.0 Å². The number of aryl methyl sites for hydroxylation is 2. The molecule has 4 aromatic heterocycles. The fraction of sp³-hybridized carbons (Fsp3) is 0.0476. The second kappa shape index (κ2) is 12.8. The quantitative estimate of drug-likeness (QED) is 0.167. The van der Waals surface area contributed by atoms with Crippen LogP contribution in [0.25, 0.3) is 77.5 Å². The van der Waals surface area contributed by atoms with Crippen molar-refractivity contribution in [2.24, 2.45) is 0 Å². The molecule has 9 rings (SSSR count). The molecule has 0 bridgehead atoms. The van der Waals surface area contributed by atoms with Gasteiger partial charge < -0.3 is 18.8 Å². The smallest absolute Gasteiger partial charge is 0.144 e. The van der Waals surface area contributed by atoms with Crippen LogP contribution in [-0.4, -0.2) is 9.97 Å². The van der Waals surface area contributed by atoms with Crippen LogP contribution in [0.15, 0.2) is 143 Å². The second-order valence-electron chi connectivity index (χ2n) is 11.3. The summed E-state index contributed by atoms with van der Waals surface area (Å²) in [5.74, 6) is 0. The Balaban J connectivity index is 0.000000228. The van der Waals surface area contributed by atoms with Crippen LogP contribution in [0.5, 0.6) is 0 Å². The fourth-order valence-corrected chi connectivity index (χ4v) is 6.12. The Morgan fingerprint density at radius 1 is 0.532 bits per heavy atom. The monoisotopic (exact) mass is 785 g/mol. The number of furan rings is 2. The van der Waals surface area contributed by atoms with Gasteiger partial charge >= 0.3 is 0 Å². The Morgan fingerprint density at radius 3 is 1.83 bits per heavy atom. The zero-order chi connectivity index (χ0) is 31.0. The molecule has 0 amide bonds. The summed E-state index contributed by atoms with van der Waals surface area (Å²) in [7, 11) is 0. The topological polar surface area (TPSA) is 52.1 Å². The third-order valence-electron chi connectivity index (χ3n) is 8.33. The molecule has 0 spiro atoms. The van der Waals surface area contributed by atoms with E-state index in [1.54, 1.807) is 6.20 Å². The van der Waals surface area contributed by atoms with Crippen molar-refractivity contribution in [3.05, 3.63) is 157 Å². The van der Waals surface area contributed by atoms with Crippen LogP contribution in [0.2, 0.25) is 0 Å². The van der Waals surface area contributed by atoms with Crippen LogP contribution >= 0.6 is 0 Å². The average Bonchev–Trinajstić information content (AvgIpc) is 3.70. The third kappa shape index (κ3) is 5.54.